The van der Waals surface area contributed by atoms with E-state index >= 15 is 0 Å². The Labute approximate surface area is 121 Å². The van der Waals surface area contributed by atoms with Crippen LogP contribution in [0.2, 0.25) is 0 Å². The standard InChI is InChI=1S/C15H14INO/c1-10-7-8-14(11(2)9-10)17-15(18)12-5-3-4-6-13(12)16/h3-9H,1-2H3,(H,17,18). The van der Waals surface area contributed by atoms with Gasteiger partial charge >= 0.3 is 0 Å². The molecule has 0 aliphatic carbocycles. The van der Waals surface area contributed by atoms with Crippen LogP contribution in [0.15, 0.2) is 42.5 Å². The zero-order chi connectivity index (χ0) is 13.1. The van der Waals surface area contributed by atoms with Crippen molar-refractivity contribution in [3.05, 3.63) is 62.7 Å². The molecule has 1 N–H and O–H groups in total. The van der Waals surface area contributed by atoms with E-state index in [1.807, 2.05) is 50.2 Å². The number of rotatable bonds is 2. The van der Waals surface area contributed by atoms with Gasteiger partial charge in [-0.15, -0.1) is 0 Å². The number of benzene rings is 2. The summed E-state index contributed by atoms with van der Waals surface area (Å²) in [4.78, 5) is 12.2. The number of carbonyl (C=O) groups excluding carboxylic acids is 1. The largest absolute Gasteiger partial charge is 0.322 e. The molecule has 92 valence electrons. The predicted molar refractivity (Wildman–Crippen MR) is 83.0 cm³/mol. The van der Waals surface area contributed by atoms with E-state index in [2.05, 4.69) is 34.0 Å². The average Bonchev–Trinajstić information content (AvgIpc) is 2.33. The monoisotopic (exact) mass is 351 g/mol. The molecule has 0 atom stereocenters. The second-order valence-electron chi connectivity index (χ2n) is 4.25. The van der Waals surface area contributed by atoms with E-state index in [0.717, 1.165) is 14.8 Å². The normalized spacial score (nSPS) is 10.2. The number of carbonyl (C=O) groups is 1. The summed E-state index contributed by atoms with van der Waals surface area (Å²) >= 11 is 2.17. The number of aryl methyl sites for hydroxylation is 2. The van der Waals surface area contributed by atoms with E-state index in [-0.39, 0.29) is 5.91 Å². The molecule has 2 aromatic rings. The summed E-state index contributed by atoms with van der Waals surface area (Å²) in [6.45, 7) is 4.04. The van der Waals surface area contributed by atoms with Crippen molar-refractivity contribution in [1.29, 1.82) is 0 Å². The Hall–Kier alpha value is -1.36. The van der Waals surface area contributed by atoms with E-state index < -0.39 is 0 Å². The molecule has 0 saturated carbocycles. The Balaban J connectivity index is 2.24. The minimum atomic E-state index is -0.0630. The highest BCUT2D eigenvalue weighted by Gasteiger charge is 2.10. The molecule has 2 nitrogen and oxygen atoms in total. The summed E-state index contributed by atoms with van der Waals surface area (Å²) in [5, 5.41) is 2.95. The van der Waals surface area contributed by atoms with Gasteiger partial charge in [0, 0.05) is 9.26 Å². The number of nitrogens with one attached hydrogen (secondary N) is 1. The molecule has 3 heteroatoms. The Morgan fingerprint density at radius 3 is 2.50 bits per heavy atom. The predicted octanol–water partition coefficient (Wildman–Crippen LogP) is 4.16. The first-order chi connectivity index (χ1) is 8.58. The van der Waals surface area contributed by atoms with Gasteiger partial charge in [0.15, 0.2) is 0 Å². The summed E-state index contributed by atoms with van der Waals surface area (Å²) < 4.78 is 0.956. The molecule has 0 aliphatic heterocycles. The molecule has 2 aromatic carbocycles. The molecule has 0 radical (unpaired) electrons. The lowest BCUT2D eigenvalue weighted by molar-refractivity contribution is 0.102. The lowest BCUT2D eigenvalue weighted by atomic mass is 10.1. The lowest BCUT2D eigenvalue weighted by Crippen LogP contribution is -2.14. The molecule has 0 aromatic heterocycles. The lowest BCUT2D eigenvalue weighted by Gasteiger charge is -2.10. The van der Waals surface area contributed by atoms with Crippen LogP contribution in [0.25, 0.3) is 0 Å². The van der Waals surface area contributed by atoms with E-state index in [4.69, 9.17) is 0 Å². The molecule has 0 unspecified atom stereocenters. The van der Waals surface area contributed by atoms with Crippen molar-refractivity contribution in [3.63, 3.8) is 0 Å². The Morgan fingerprint density at radius 1 is 1.11 bits per heavy atom. The first-order valence-corrected chi connectivity index (χ1v) is 6.79. The smallest absolute Gasteiger partial charge is 0.256 e. The van der Waals surface area contributed by atoms with Crippen LogP contribution >= 0.6 is 22.6 Å². The van der Waals surface area contributed by atoms with Gasteiger partial charge in [0.05, 0.1) is 5.56 Å². The Bertz CT molecular complexity index is 593. The third kappa shape index (κ3) is 2.90. The summed E-state index contributed by atoms with van der Waals surface area (Å²) in [7, 11) is 0. The fourth-order valence-electron chi connectivity index (χ4n) is 1.79. The van der Waals surface area contributed by atoms with Crippen LogP contribution in [-0.2, 0) is 0 Å². The maximum Gasteiger partial charge on any atom is 0.256 e. The first-order valence-electron chi connectivity index (χ1n) is 5.71. The van der Waals surface area contributed by atoms with Crippen LogP contribution in [0.4, 0.5) is 5.69 Å². The number of amides is 1. The Kier molecular flexibility index (Phi) is 4.01. The summed E-state index contributed by atoms with van der Waals surface area (Å²) in [5.41, 5.74) is 3.84. The molecular formula is C15H14INO. The second kappa shape index (κ2) is 5.52. The van der Waals surface area contributed by atoms with Crippen LogP contribution < -0.4 is 5.32 Å². The van der Waals surface area contributed by atoms with Gasteiger partial charge in [0.2, 0.25) is 0 Å². The topological polar surface area (TPSA) is 29.1 Å². The highest BCUT2D eigenvalue weighted by Crippen LogP contribution is 2.18. The van der Waals surface area contributed by atoms with Gasteiger partial charge in [-0.25, -0.2) is 0 Å². The van der Waals surface area contributed by atoms with Crippen molar-refractivity contribution in [2.75, 3.05) is 5.32 Å². The Morgan fingerprint density at radius 2 is 1.83 bits per heavy atom. The maximum absolute atomic E-state index is 12.2. The fraction of sp³-hybridized carbons (Fsp3) is 0.133. The van der Waals surface area contributed by atoms with Gasteiger partial charge in [0.1, 0.15) is 0 Å². The average molecular weight is 351 g/mol. The molecule has 2 rings (SSSR count). The van der Waals surface area contributed by atoms with E-state index in [1.54, 1.807) is 0 Å². The molecule has 0 spiro atoms. The van der Waals surface area contributed by atoms with Crippen molar-refractivity contribution >= 4 is 34.2 Å². The van der Waals surface area contributed by atoms with Gasteiger partial charge < -0.3 is 5.32 Å². The molecule has 0 heterocycles. The number of halogens is 1. The van der Waals surface area contributed by atoms with Crippen LogP contribution in [0.1, 0.15) is 21.5 Å². The maximum atomic E-state index is 12.2. The minimum Gasteiger partial charge on any atom is -0.322 e. The molecular weight excluding hydrogens is 337 g/mol. The highest BCUT2D eigenvalue weighted by atomic mass is 127. The first kappa shape index (κ1) is 13.1. The van der Waals surface area contributed by atoms with Crippen LogP contribution in [0.5, 0.6) is 0 Å². The van der Waals surface area contributed by atoms with E-state index in [0.29, 0.717) is 5.56 Å². The summed E-state index contributed by atoms with van der Waals surface area (Å²) in [5.74, 6) is -0.0630. The number of hydrogen-bond donors (Lipinski definition) is 1. The molecule has 0 bridgehead atoms. The van der Waals surface area contributed by atoms with Crippen molar-refractivity contribution in [3.8, 4) is 0 Å². The molecule has 18 heavy (non-hydrogen) atoms. The van der Waals surface area contributed by atoms with Crippen molar-refractivity contribution < 1.29 is 4.79 Å². The second-order valence-corrected chi connectivity index (χ2v) is 5.41. The van der Waals surface area contributed by atoms with Crippen molar-refractivity contribution in [2.45, 2.75) is 13.8 Å². The highest BCUT2D eigenvalue weighted by molar-refractivity contribution is 14.1. The fourth-order valence-corrected chi connectivity index (χ4v) is 2.42. The zero-order valence-electron chi connectivity index (χ0n) is 10.3. The van der Waals surface area contributed by atoms with Gasteiger partial charge in [-0.1, -0.05) is 29.8 Å². The van der Waals surface area contributed by atoms with Crippen molar-refractivity contribution in [2.24, 2.45) is 0 Å². The van der Waals surface area contributed by atoms with Gasteiger partial charge in [-0.05, 0) is 60.2 Å². The molecule has 0 saturated heterocycles. The zero-order valence-corrected chi connectivity index (χ0v) is 12.5. The van der Waals surface area contributed by atoms with Gasteiger partial charge in [-0.2, -0.15) is 0 Å². The van der Waals surface area contributed by atoms with Crippen LogP contribution in [0.3, 0.4) is 0 Å². The SMILES string of the molecule is Cc1ccc(NC(=O)c2ccccc2I)c(C)c1. The summed E-state index contributed by atoms with van der Waals surface area (Å²) in [6, 6.07) is 13.6. The van der Waals surface area contributed by atoms with Gasteiger partial charge in [-0.3, -0.25) is 4.79 Å². The third-order valence-electron chi connectivity index (χ3n) is 2.75. The van der Waals surface area contributed by atoms with Crippen LogP contribution in [0, 0.1) is 17.4 Å². The third-order valence-corrected chi connectivity index (χ3v) is 3.69. The minimum absolute atomic E-state index is 0.0630. The van der Waals surface area contributed by atoms with Crippen molar-refractivity contribution in [1.82, 2.24) is 0 Å². The molecule has 0 fully saturated rings. The summed E-state index contributed by atoms with van der Waals surface area (Å²) in [6.07, 6.45) is 0. The molecule has 1 amide bonds. The number of hydrogen-bond acceptors (Lipinski definition) is 1. The molecule has 0 aliphatic rings. The van der Waals surface area contributed by atoms with Gasteiger partial charge in [0.25, 0.3) is 5.91 Å². The quantitative estimate of drug-likeness (QED) is 0.809. The van der Waals surface area contributed by atoms with Crippen LogP contribution in [-0.4, -0.2) is 5.91 Å². The van der Waals surface area contributed by atoms with E-state index in [1.165, 1.54) is 5.56 Å². The number of anilines is 1. The van der Waals surface area contributed by atoms with E-state index in [9.17, 15) is 4.79 Å².